The molecule has 0 unspecified atom stereocenters. The van der Waals surface area contributed by atoms with E-state index in [1.165, 1.54) is 0 Å². The van der Waals surface area contributed by atoms with Crippen LogP contribution in [0, 0.1) is 0 Å². The number of aromatic hydroxyl groups is 2. The second-order valence-corrected chi connectivity index (χ2v) is 6.58. The van der Waals surface area contributed by atoms with Crippen molar-refractivity contribution in [1.29, 1.82) is 0 Å². The smallest absolute Gasteiger partial charge is 0.235 e. The van der Waals surface area contributed by atoms with Gasteiger partial charge >= 0.3 is 0 Å². The first-order chi connectivity index (χ1) is 9.30. The Labute approximate surface area is 119 Å². The maximum absolute atomic E-state index is 10.8. The lowest BCUT2D eigenvalue weighted by Crippen LogP contribution is -2.21. The molecule has 1 aliphatic carbocycles. The Hall–Kier alpha value is -1.80. The molecule has 1 aliphatic rings. The summed E-state index contributed by atoms with van der Waals surface area (Å²) in [7, 11) is 0. The van der Waals surface area contributed by atoms with E-state index < -0.39 is 5.54 Å². The molecule has 20 heavy (non-hydrogen) atoms. The third-order valence-electron chi connectivity index (χ3n) is 4.15. The van der Waals surface area contributed by atoms with Crippen molar-refractivity contribution in [3.8, 4) is 11.5 Å². The van der Waals surface area contributed by atoms with Crippen LogP contribution in [0.3, 0.4) is 0 Å². The topological polar surface area (TPSA) is 69.9 Å². The van der Waals surface area contributed by atoms with Crippen LogP contribution in [0.2, 0.25) is 0 Å². The van der Waals surface area contributed by atoms with Crippen LogP contribution < -0.4 is 0 Å². The molecule has 1 aromatic rings. The number of carbonyl (C=O) groups excluding carboxylic acids is 1. The number of aliphatic imine (C=N–C) groups is 1. The first-order valence-electron chi connectivity index (χ1n) is 6.96. The van der Waals surface area contributed by atoms with Crippen molar-refractivity contribution in [2.45, 2.75) is 57.4 Å². The molecule has 1 saturated carbocycles. The number of nitrogens with zero attached hydrogens (tertiary/aromatic N) is 1. The first kappa shape index (κ1) is 14.6. The molecule has 0 aromatic heterocycles. The second kappa shape index (κ2) is 4.95. The maximum Gasteiger partial charge on any atom is 0.235 e. The predicted octanol–water partition coefficient (Wildman–Crippen LogP) is 3.50. The zero-order valence-corrected chi connectivity index (χ0v) is 12.2. The van der Waals surface area contributed by atoms with Crippen molar-refractivity contribution in [2.75, 3.05) is 0 Å². The van der Waals surface area contributed by atoms with Gasteiger partial charge in [-0.3, -0.25) is 0 Å². The quantitative estimate of drug-likeness (QED) is 0.493. The van der Waals surface area contributed by atoms with Gasteiger partial charge in [-0.05, 0) is 36.0 Å². The Bertz CT molecular complexity index is 560. The summed E-state index contributed by atoms with van der Waals surface area (Å²) in [6.07, 6.45) is 4.93. The number of isocyanates is 1. The molecule has 1 aromatic carbocycles. The van der Waals surface area contributed by atoms with E-state index in [2.05, 4.69) is 4.99 Å². The summed E-state index contributed by atoms with van der Waals surface area (Å²) in [5.74, 6) is -0.321. The molecule has 0 aliphatic heterocycles. The van der Waals surface area contributed by atoms with Gasteiger partial charge in [0.05, 0.1) is 0 Å². The molecule has 108 valence electrons. The monoisotopic (exact) mass is 275 g/mol. The van der Waals surface area contributed by atoms with E-state index in [0.29, 0.717) is 18.4 Å². The van der Waals surface area contributed by atoms with Gasteiger partial charge in [-0.1, -0.05) is 33.6 Å². The fourth-order valence-electron chi connectivity index (χ4n) is 2.90. The first-order valence-corrected chi connectivity index (χ1v) is 6.96. The van der Waals surface area contributed by atoms with Gasteiger partial charge < -0.3 is 10.2 Å². The van der Waals surface area contributed by atoms with Crippen molar-refractivity contribution >= 4 is 6.08 Å². The van der Waals surface area contributed by atoms with Gasteiger partial charge in [-0.2, -0.15) is 4.99 Å². The molecule has 4 nitrogen and oxygen atoms in total. The number of benzene rings is 1. The molecule has 0 bridgehead atoms. The highest BCUT2D eigenvalue weighted by Gasteiger charge is 2.39. The van der Waals surface area contributed by atoms with E-state index in [1.807, 2.05) is 26.8 Å². The zero-order valence-electron chi connectivity index (χ0n) is 12.2. The van der Waals surface area contributed by atoms with Crippen LogP contribution in [0.5, 0.6) is 11.5 Å². The number of phenolic OH excluding ortho intramolecular Hbond substituents is 2. The van der Waals surface area contributed by atoms with Gasteiger partial charge in [0.25, 0.3) is 0 Å². The molecule has 0 atom stereocenters. The average molecular weight is 275 g/mol. The van der Waals surface area contributed by atoms with E-state index in [4.69, 9.17) is 0 Å². The van der Waals surface area contributed by atoms with Crippen LogP contribution in [-0.4, -0.2) is 16.3 Å². The average Bonchev–Trinajstić information content (AvgIpc) is 2.81. The van der Waals surface area contributed by atoms with Crippen molar-refractivity contribution in [2.24, 2.45) is 4.99 Å². The number of hydrogen-bond acceptors (Lipinski definition) is 4. The van der Waals surface area contributed by atoms with E-state index in [9.17, 15) is 15.0 Å². The molecule has 0 heterocycles. The second-order valence-electron chi connectivity index (χ2n) is 6.58. The molecule has 0 spiro atoms. The van der Waals surface area contributed by atoms with Gasteiger partial charge in [0.2, 0.25) is 6.08 Å². The molecule has 2 rings (SSSR count). The predicted molar refractivity (Wildman–Crippen MR) is 76.7 cm³/mol. The Morgan fingerprint density at radius 3 is 2.30 bits per heavy atom. The molecule has 0 saturated heterocycles. The van der Waals surface area contributed by atoms with Crippen molar-refractivity contribution in [3.63, 3.8) is 0 Å². The highest BCUT2D eigenvalue weighted by atomic mass is 16.3. The highest BCUT2D eigenvalue weighted by molar-refractivity contribution is 5.53. The summed E-state index contributed by atoms with van der Waals surface area (Å²) >= 11 is 0. The summed E-state index contributed by atoms with van der Waals surface area (Å²) in [5.41, 5.74) is 0.563. The molecular formula is C16H21NO3. The van der Waals surface area contributed by atoms with Crippen molar-refractivity contribution in [1.82, 2.24) is 0 Å². The summed E-state index contributed by atoms with van der Waals surface area (Å²) in [6.45, 7) is 6.10. The fourth-order valence-corrected chi connectivity index (χ4v) is 2.90. The van der Waals surface area contributed by atoms with Crippen molar-refractivity contribution < 1.29 is 15.0 Å². The minimum atomic E-state index is -0.732. The minimum Gasteiger partial charge on any atom is -0.504 e. The third-order valence-corrected chi connectivity index (χ3v) is 4.15. The molecular weight excluding hydrogens is 254 g/mol. The lowest BCUT2D eigenvalue weighted by atomic mass is 9.81. The van der Waals surface area contributed by atoms with Crippen LogP contribution in [-0.2, 0) is 15.7 Å². The Kier molecular flexibility index (Phi) is 3.61. The number of hydrogen-bond donors (Lipinski definition) is 2. The molecule has 2 N–H and O–H groups in total. The Balaban J connectivity index is 2.66. The van der Waals surface area contributed by atoms with Gasteiger partial charge in [-0.25, -0.2) is 4.79 Å². The third kappa shape index (κ3) is 2.44. The zero-order chi connectivity index (χ0) is 15.0. The molecule has 0 radical (unpaired) electrons. The lowest BCUT2D eigenvalue weighted by molar-refractivity contribution is 0.371. The summed E-state index contributed by atoms with van der Waals surface area (Å²) < 4.78 is 0. The summed E-state index contributed by atoms with van der Waals surface area (Å²) in [6, 6.07) is 3.44. The SMILES string of the molecule is CC(C)(C)c1cc(O)c(O)c(C2(N=C=O)CCCC2)c1. The van der Waals surface area contributed by atoms with Crippen LogP contribution in [0.1, 0.15) is 57.6 Å². The maximum atomic E-state index is 10.8. The van der Waals surface area contributed by atoms with Crippen LogP contribution in [0.15, 0.2) is 17.1 Å². The molecule has 0 amide bonds. The minimum absolute atomic E-state index is 0.153. The van der Waals surface area contributed by atoms with Crippen LogP contribution in [0.4, 0.5) is 0 Å². The normalized spacial score (nSPS) is 17.8. The number of phenols is 2. The van der Waals surface area contributed by atoms with Gasteiger partial charge in [0.15, 0.2) is 11.5 Å². The van der Waals surface area contributed by atoms with Gasteiger partial charge in [0, 0.05) is 5.56 Å². The van der Waals surface area contributed by atoms with Crippen LogP contribution in [0.25, 0.3) is 0 Å². The highest BCUT2D eigenvalue weighted by Crippen LogP contribution is 2.49. The largest absolute Gasteiger partial charge is 0.504 e. The summed E-state index contributed by atoms with van der Waals surface area (Å²) in [5, 5.41) is 20.2. The van der Waals surface area contributed by atoms with Crippen LogP contribution >= 0.6 is 0 Å². The number of rotatable bonds is 2. The van der Waals surface area contributed by atoms with E-state index in [1.54, 1.807) is 12.1 Å². The Morgan fingerprint density at radius 2 is 1.80 bits per heavy atom. The van der Waals surface area contributed by atoms with E-state index in [-0.39, 0.29) is 16.9 Å². The van der Waals surface area contributed by atoms with Gasteiger partial charge in [0.1, 0.15) is 5.54 Å². The fraction of sp³-hybridized carbons (Fsp3) is 0.562. The van der Waals surface area contributed by atoms with Gasteiger partial charge in [-0.15, -0.1) is 0 Å². The Morgan fingerprint density at radius 1 is 1.20 bits per heavy atom. The van der Waals surface area contributed by atoms with E-state index >= 15 is 0 Å². The molecule has 1 fully saturated rings. The molecule has 4 heteroatoms. The summed E-state index contributed by atoms with van der Waals surface area (Å²) in [4.78, 5) is 14.8. The standard InChI is InChI=1S/C16H21NO3/c1-15(2,3)11-8-12(14(20)13(19)9-11)16(17-10-18)6-4-5-7-16/h8-9,19-20H,4-7H2,1-3H3. The van der Waals surface area contributed by atoms with Crippen molar-refractivity contribution in [3.05, 3.63) is 23.3 Å². The van der Waals surface area contributed by atoms with E-state index in [0.717, 1.165) is 18.4 Å². The lowest BCUT2D eigenvalue weighted by Gasteiger charge is -2.27.